The third-order valence-corrected chi connectivity index (χ3v) is 11.7. The van der Waals surface area contributed by atoms with Crippen LogP contribution in [-0.2, 0) is 16.4 Å². The van der Waals surface area contributed by atoms with E-state index in [1.165, 1.54) is 33.0 Å². The van der Waals surface area contributed by atoms with Crippen LogP contribution in [0.5, 0.6) is 0 Å². The molecule has 0 fully saturated rings. The molecule has 154 valence electrons. The molecule has 0 saturated carbocycles. The Bertz CT molecular complexity index is 1140. The van der Waals surface area contributed by atoms with Gasteiger partial charge in [-0.1, -0.05) is 127 Å². The summed E-state index contributed by atoms with van der Waals surface area (Å²) in [5.41, 5.74) is 6.78. The molecule has 0 bridgehead atoms. The third kappa shape index (κ3) is 3.18. The van der Waals surface area contributed by atoms with Crippen molar-refractivity contribution in [3.8, 4) is 11.1 Å². The Hall–Kier alpha value is -2.94. The molecule has 5 rings (SSSR count). The third-order valence-electron chi connectivity index (χ3n) is 7.06. The molecule has 0 saturated heterocycles. The molecule has 1 nitrogen and oxygen atoms in total. The summed E-state index contributed by atoms with van der Waals surface area (Å²) in [4.78, 5) is 0. The van der Waals surface area contributed by atoms with Crippen molar-refractivity contribution in [1.29, 1.82) is 0 Å². The van der Waals surface area contributed by atoms with Gasteiger partial charge in [-0.05, 0) is 27.8 Å². The Kier molecular flexibility index (Phi) is 5.13. The van der Waals surface area contributed by atoms with Gasteiger partial charge in [0.25, 0.3) is 0 Å². The van der Waals surface area contributed by atoms with E-state index in [1.54, 1.807) is 0 Å². The molecule has 1 aliphatic carbocycles. The largest absolute Gasteiger partial charge is 0.376 e. The fourth-order valence-electron chi connectivity index (χ4n) is 5.33. The van der Waals surface area contributed by atoms with Gasteiger partial charge in [0, 0.05) is 5.04 Å². The zero-order chi connectivity index (χ0) is 21.3. The van der Waals surface area contributed by atoms with Gasteiger partial charge in [-0.25, -0.2) is 0 Å². The van der Waals surface area contributed by atoms with Crippen LogP contribution in [0, 0.1) is 0 Å². The molecule has 0 aromatic heterocycles. The SMILES string of the molecule is C[Si](C)(c1ccccc1)C1(COCc2ccccc2)c2ccccc2-c2ccccc21. The first-order chi connectivity index (χ1) is 15.1. The van der Waals surface area contributed by atoms with Crippen LogP contribution in [0.15, 0.2) is 109 Å². The first kappa shape index (κ1) is 20.0. The van der Waals surface area contributed by atoms with Gasteiger partial charge in [-0.3, -0.25) is 0 Å². The zero-order valence-corrected chi connectivity index (χ0v) is 19.2. The van der Waals surface area contributed by atoms with Crippen LogP contribution in [0.1, 0.15) is 16.7 Å². The normalized spacial score (nSPS) is 14.1. The van der Waals surface area contributed by atoms with Gasteiger partial charge >= 0.3 is 0 Å². The number of hydrogen-bond acceptors (Lipinski definition) is 1. The molecule has 2 heteroatoms. The van der Waals surface area contributed by atoms with Crippen molar-refractivity contribution in [3.05, 3.63) is 126 Å². The van der Waals surface area contributed by atoms with Crippen LogP contribution in [0.4, 0.5) is 0 Å². The Morgan fingerprint density at radius 2 is 1.10 bits per heavy atom. The minimum atomic E-state index is -2.06. The molecule has 1 aliphatic rings. The van der Waals surface area contributed by atoms with E-state index in [9.17, 15) is 0 Å². The van der Waals surface area contributed by atoms with Crippen molar-refractivity contribution in [3.63, 3.8) is 0 Å². The van der Waals surface area contributed by atoms with Crippen LogP contribution in [-0.4, -0.2) is 14.7 Å². The van der Waals surface area contributed by atoms with Gasteiger partial charge in [0.2, 0.25) is 0 Å². The summed E-state index contributed by atoms with van der Waals surface area (Å²) in [5.74, 6) is 0. The van der Waals surface area contributed by atoms with E-state index in [0.717, 1.165) is 0 Å². The highest BCUT2D eigenvalue weighted by Gasteiger charge is 2.55. The molecule has 0 amide bonds. The Balaban J connectivity index is 1.67. The molecule has 4 aromatic rings. The number of hydrogen-bond donors (Lipinski definition) is 0. The van der Waals surface area contributed by atoms with Crippen molar-refractivity contribution in [2.24, 2.45) is 0 Å². The van der Waals surface area contributed by atoms with Crippen molar-refractivity contribution < 1.29 is 4.74 Å². The second-order valence-electron chi connectivity index (χ2n) is 8.97. The average molecular weight is 421 g/mol. The molecule has 31 heavy (non-hydrogen) atoms. The lowest BCUT2D eigenvalue weighted by atomic mass is 9.96. The monoisotopic (exact) mass is 420 g/mol. The maximum atomic E-state index is 6.56. The fourth-order valence-corrected chi connectivity index (χ4v) is 9.10. The smallest absolute Gasteiger partial charge is 0.0992 e. The van der Waals surface area contributed by atoms with Crippen molar-refractivity contribution >= 4 is 13.3 Å². The lowest BCUT2D eigenvalue weighted by Gasteiger charge is -2.45. The van der Waals surface area contributed by atoms with E-state index < -0.39 is 8.07 Å². The predicted molar refractivity (Wildman–Crippen MR) is 132 cm³/mol. The minimum Gasteiger partial charge on any atom is -0.376 e. The summed E-state index contributed by atoms with van der Waals surface area (Å²) in [7, 11) is -2.06. The molecular weight excluding hydrogens is 392 g/mol. The molecule has 4 aromatic carbocycles. The standard InChI is InChI=1S/C29H28OSi/c1-31(2,24-15-7-4-8-16-24)29(22-30-21-23-13-5-3-6-14-23)27-19-11-9-17-25(27)26-18-10-12-20-28(26)29/h3-20H,21-22H2,1-2H3. The number of benzene rings is 4. The summed E-state index contributed by atoms with van der Waals surface area (Å²) in [5, 5.41) is 1.32. The highest BCUT2D eigenvalue weighted by atomic mass is 28.3. The van der Waals surface area contributed by atoms with Crippen molar-refractivity contribution in [2.75, 3.05) is 6.61 Å². The zero-order valence-electron chi connectivity index (χ0n) is 18.2. The van der Waals surface area contributed by atoms with Crippen LogP contribution in [0.25, 0.3) is 11.1 Å². The van der Waals surface area contributed by atoms with Gasteiger partial charge in [0.05, 0.1) is 21.3 Å². The van der Waals surface area contributed by atoms with E-state index in [4.69, 9.17) is 4.74 Å². The van der Waals surface area contributed by atoms with E-state index in [-0.39, 0.29) is 5.04 Å². The molecule has 0 heterocycles. The maximum Gasteiger partial charge on any atom is 0.0992 e. The van der Waals surface area contributed by atoms with Gasteiger partial charge in [-0.2, -0.15) is 0 Å². The van der Waals surface area contributed by atoms with Gasteiger partial charge in [0.15, 0.2) is 0 Å². The predicted octanol–water partition coefficient (Wildman–Crippen LogP) is 6.32. The van der Waals surface area contributed by atoms with Gasteiger partial charge in [0.1, 0.15) is 0 Å². The number of rotatable bonds is 6. The lowest BCUT2D eigenvalue weighted by Crippen LogP contribution is -2.62. The van der Waals surface area contributed by atoms with Crippen LogP contribution in [0.3, 0.4) is 0 Å². The van der Waals surface area contributed by atoms with E-state index in [0.29, 0.717) is 13.2 Å². The summed E-state index contributed by atoms with van der Waals surface area (Å²) in [6, 6.07) is 39.5. The summed E-state index contributed by atoms with van der Waals surface area (Å²) in [6.45, 7) is 6.33. The molecule has 0 N–H and O–H groups in total. The second kappa shape index (κ2) is 7.95. The highest BCUT2D eigenvalue weighted by molar-refractivity contribution is 6.93. The van der Waals surface area contributed by atoms with E-state index in [2.05, 4.69) is 122 Å². The van der Waals surface area contributed by atoms with Crippen LogP contribution in [0.2, 0.25) is 13.1 Å². The Morgan fingerprint density at radius 1 is 0.613 bits per heavy atom. The van der Waals surface area contributed by atoms with Gasteiger partial charge < -0.3 is 4.74 Å². The minimum absolute atomic E-state index is 0.143. The second-order valence-corrected chi connectivity index (χ2v) is 13.6. The summed E-state index contributed by atoms with van der Waals surface area (Å²) in [6.07, 6.45) is 0. The van der Waals surface area contributed by atoms with E-state index >= 15 is 0 Å². The summed E-state index contributed by atoms with van der Waals surface area (Å²) >= 11 is 0. The van der Waals surface area contributed by atoms with Gasteiger partial charge in [-0.15, -0.1) is 0 Å². The average Bonchev–Trinajstić information content (AvgIpc) is 3.12. The lowest BCUT2D eigenvalue weighted by molar-refractivity contribution is 0.103. The fraction of sp³-hybridized carbons (Fsp3) is 0.172. The molecule has 0 aliphatic heterocycles. The highest BCUT2D eigenvalue weighted by Crippen LogP contribution is 2.53. The maximum absolute atomic E-state index is 6.56. The topological polar surface area (TPSA) is 9.23 Å². The first-order valence-corrected chi connectivity index (χ1v) is 14.0. The molecule has 0 atom stereocenters. The Labute approximate surface area is 186 Å². The summed E-state index contributed by atoms with van der Waals surface area (Å²) < 4.78 is 6.56. The molecule has 0 spiro atoms. The molecular formula is C29H28OSi. The Morgan fingerprint density at radius 3 is 1.68 bits per heavy atom. The number of fused-ring (bicyclic) bond motifs is 3. The molecule has 0 radical (unpaired) electrons. The van der Waals surface area contributed by atoms with Crippen molar-refractivity contribution in [1.82, 2.24) is 0 Å². The quantitative estimate of drug-likeness (QED) is 0.331. The van der Waals surface area contributed by atoms with Crippen LogP contribution >= 0.6 is 0 Å². The first-order valence-electron chi connectivity index (χ1n) is 11.0. The van der Waals surface area contributed by atoms with E-state index in [1.807, 2.05) is 0 Å². The number of ether oxygens (including phenoxy) is 1. The van der Waals surface area contributed by atoms with Crippen molar-refractivity contribution in [2.45, 2.75) is 24.7 Å². The molecule has 0 unspecified atom stereocenters. The van der Waals surface area contributed by atoms with Crippen LogP contribution < -0.4 is 5.19 Å².